The number of nitrogens with zero attached hydrogens (tertiary/aromatic N) is 1. The second-order valence-electron chi connectivity index (χ2n) is 4.69. The minimum Gasteiger partial charge on any atom is -0.360 e. The maximum atomic E-state index is 12.5. The van der Waals surface area contributed by atoms with Crippen molar-refractivity contribution in [1.82, 2.24) is 9.97 Å². The number of pyridine rings is 2. The normalized spacial score (nSPS) is 10.2. The van der Waals surface area contributed by atoms with Crippen LogP contribution in [0, 0.1) is 13.8 Å². The van der Waals surface area contributed by atoms with Crippen molar-refractivity contribution < 1.29 is 4.79 Å². The van der Waals surface area contributed by atoms with Crippen molar-refractivity contribution in [2.24, 2.45) is 0 Å². The molecule has 1 N–H and O–H groups in total. The molecule has 2 rings (SSSR count). The van der Waals surface area contributed by atoms with E-state index in [2.05, 4.69) is 23.1 Å². The van der Waals surface area contributed by atoms with E-state index >= 15 is 0 Å². The Hall–Kier alpha value is -2.75. The first kappa shape index (κ1) is 14.7. The van der Waals surface area contributed by atoms with E-state index in [4.69, 9.17) is 0 Å². The van der Waals surface area contributed by atoms with Gasteiger partial charge in [-0.1, -0.05) is 25.3 Å². The summed E-state index contributed by atoms with van der Waals surface area (Å²) in [5, 5.41) is 0. The lowest BCUT2D eigenvalue weighted by Crippen LogP contribution is -2.20. The standard InChI is InChI=1S/C17H16N2O2/c1-5-12-14(6-2)18-9-13(16(12)20)17(21)15-8-7-10(3)11(4)19-15/h5-9H,1-2H2,3-4H3,(H,18,20). The number of rotatable bonds is 4. The summed E-state index contributed by atoms with van der Waals surface area (Å²) in [6.45, 7) is 11.0. The maximum Gasteiger partial charge on any atom is 0.216 e. The van der Waals surface area contributed by atoms with Crippen LogP contribution in [0.4, 0.5) is 0 Å². The Morgan fingerprint density at radius 2 is 1.95 bits per heavy atom. The summed E-state index contributed by atoms with van der Waals surface area (Å²) in [6, 6.07) is 3.44. The van der Waals surface area contributed by atoms with Gasteiger partial charge in [0.2, 0.25) is 11.2 Å². The van der Waals surface area contributed by atoms with Crippen LogP contribution in [-0.4, -0.2) is 15.8 Å². The zero-order chi connectivity index (χ0) is 15.6. The highest BCUT2D eigenvalue weighted by atomic mass is 16.1. The first-order valence-corrected chi connectivity index (χ1v) is 6.49. The smallest absolute Gasteiger partial charge is 0.216 e. The number of ketones is 1. The predicted octanol–water partition coefficient (Wildman–Crippen LogP) is 2.90. The van der Waals surface area contributed by atoms with Crippen LogP contribution in [0.1, 0.15) is 38.6 Å². The van der Waals surface area contributed by atoms with Crippen molar-refractivity contribution in [2.45, 2.75) is 13.8 Å². The Morgan fingerprint density at radius 1 is 1.24 bits per heavy atom. The second kappa shape index (κ2) is 5.71. The highest BCUT2D eigenvalue weighted by Gasteiger charge is 2.17. The molecule has 2 aromatic heterocycles. The lowest BCUT2D eigenvalue weighted by molar-refractivity contribution is 0.103. The Balaban J connectivity index is 2.58. The number of carbonyl (C=O) groups excluding carboxylic acids is 1. The van der Waals surface area contributed by atoms with E-state index in [0.717, 1.165) is 11.3 Å². The van der Waals surface area contributed by atoms with Crippen LogP contribution in [-0.2, 0) is 0 Å². The summed E-state index contributed by atoms with van der Waals surface area (Å²) in [5.41, 5.74) is 2.57. The van der Waals surface area contributed by atoms with Crippen molar-refractivity contribution in [3.05, 3.63) is 75.5 Å². The van der Waals surface area contributed by atoms with Gasteiger partial charge in [0, 0.05) is 23.1 Å². The van der Waals surface area contributed by atoms with Gasteiger partial charge in [0.05, 0.1) is 5.56 Å². The Kier molecular flexibility index (Phi) is 3.98. The summed E-state index contributed by atoms with van der Waals surface area (Å²) in [4.78, 5) is 31.9. The molecule has 0 saturated carbocycles. The van der Waals surface area contributed by atoms with Gasteiger partial charge in [-0.15, -0.1) is 0 Å². The average Bonchev–Trinajstić information content (AvgIpc) is 2.48. The monoisotopic (exact) mass is 280 g/mol. The van der Waals surface area contributed by atoms with Crippen LogP contribution in [0.3, 0.4) is 0 Å². The Morgan fingerprint density at radius 3 is 2.52 bits per heavy atom. The number of H-pyrrole nitrogens is 1. The fourth-order valence-corrected chi connectivity index (χ4v) is 2.00. The summed E-state index contributed by atoms with van der Waals surface area (Å²) < 4.78 is 0. The lowest BCUT2D eigenvalue weighted by Gasteiger charge is -2.06. The minimum absolute atomic E-state index is 0.0475. The van der Waals surface area contributed by atoms with Gasteiger partial charge >= 0.3 is 0 Å². The van der Waals surface area contributed by atoms with Crippen molar-refractivity contribution in [3.8, 4) is 0 Å². The molecule has 4 heteroatoms. The van der Waals surface area contributed by atoms with Gasteiger partial charge in [-0.3, -0.25) is 9.59 Å². The summed E-state index contributed by atoms with van der Waals surface area (Å²) in [6.07, 6.45) is 4.33. The number of aromatic amines is 1. The van der Waals surface area contributed by atoms with Crippen molar-refractivity contribution in [1.29, 1.82) is 0 Å². The topological polar surface area (TPSA) is 62.8 Å². The minimum atomic E-state index is -0.405. The van der Waals surface area contributed by atoms with Gasteiger partial charge < -0.3 is 4.98 Å². The zero-order valence-electron chi connectivity index (χ0n) is 12.1. The molecule has 0 fully saturated rings. The number of hydrogen-bond donors (Lipinski definition) is 1. The van der Waals surface area contributed by atoms with Gasteiger partial charge in [0.1, 0.15) is 5.69 Å². The Bertz CT molecular complexity index is 801. The summed E-state index contributed by atoms with van der Waals surface area (Å²) >= 11 is 0. The molecule has 0 unspecified atom stereocenters. The molecule has 21 heavy (non-hydrogen) atoms. The van der Waals surface area contributed by atoms with E-state index in [1.54, 1.807) is 6.07 Å². The molecule has 2 heterocycles. The third-order valence-electron chi connectivity index (χ3n) is 3.39. The Labute approximate surface area is 122 Å². The van der Waals surface area contributed by atoms with Crippen LogP contribution in [0.15, 0.2) is 36.3 Å². The molecule has 2 aromatic rings. The third-order valence-corrected chi connectivity index (χ3v) is 3.39. The number of hydrogen-bond acceptors (Lipinski definition) is 3. The van der Waals surface area contributed by atoms with Gasteiger partial charge in [-0.2, -0.15) is 0 Å². The van der Waals surface area contributed by atoms with Gasteiger partial charge in [0.25, 0.3) is 0 Å². The first-order valence-electron chi connectivity index (χ1n) is 6.49. The molecule has 0 aliphatic carbocycles. The first-order chi connectivity index (χ1) is 9.99. The van der Waals surface area contributed by atoms with Crippen LogP contribution >= 0.6 is 0 Å². The molecule has 0 aliphatic rings. The summed E-state index contributed by atoms with van der Waals surface area (Å²) in [7, 11) is 0. The molecule has 4 nitrogen and oxygen atoms in total. The van der Waals surface area contributed by atoms with Crippen molar-refractivity contribution in [2.75, 3.05) is 0 Å². The molecule has 106 valence electrons. The van der Waals surface area contributed by atoms with E-state index in [9.17, 15) is 9.59 Å². The highest BCUT2D eigenvalue weighted by Crippen LogP contribution is 2.11. The fourth-order valence-electron chi connectivity index (χ4n) is 2.00. The molecule has 0 aliphatic heterocycles. The van der Waals surface area contributed by atoms with E-state index in [0.29, 0.717) is 11.3 Å². The van der Waals surface area contributed by atoms with Gasteiger partial charge in [-0.25, -0.2) is 4.98 Å². The summed E-state index contributed by atoms with van der Waals surface area (Å²) in [5.74, 6) is -0.405. The van der Waals surface area contributed by atoms with Crippen LogP contribution < -0.4 is 5.43 Å². The SMILES string of the molecule is C=Cc1[nH]cc(C(=O)c2ccc(C)c(C)n2)c(=O)c1C=C. The van der Waals surface area contributed by atoms with Gasteiger partial charge in [-0.05, 0) is 31.6 Å². The maximum absolute atomic E-state index is 12.5. The van der Waals surface area contributed by atoms with Crippen molar-refractivity contribution in [3.63, 3.8) is 0 Å². The molecule has 0 aromatic carbocycles. The largest absolute Gasteiger partial charge is 0.360 e. The van der Waals surface area contributed by atoms with Crippen LogP contribution in [0.2, 0.25) is 0 Å². The van der Waals surface area contributed by atoms with E-state index in [1.807, 2.05) is 19.9 Å². The van der Waals surface area contributed by atoms with E-state index < -0.39 is 5.78 Å². The molecule has 0 atom stereocenters. The number of carbonyl (C=O) groups is 1. The molecule has 0 spiro atoms. The molecule has 0 saturated heterocycles. The van der Waals surface area contributed by atoms with Crippen molar-refractivity contribution >= 4 is 17.9 Å². The van der Waals surface area contributed by atoms with Crippen LogP contribution in [0.25, 0.3) is 12.2 Å². The predicted molar refractivity (Wildman–Crippen MR) is 84.4 cm³/mol. The average molecular weight is 280 g/mol. The van der Waals surface area contributed by atoms with E-state index in [1.165, 1.54) is 18.3 Å². The third kappa shape index (κ3) is 2.60. The van der Waals surface area contributed by atoms with Gasteiger partial charge in [0.15, 0.2) is 0 Å². The highest BCUT2D eigenvalue weighted by molar-refractivity contribution is 6.07. The second-order valence-corrected chi connectivity index (χ2v) is 4.69. The number of aryl methyl sites for hydroxylation is 2. The lowest BCUT2D eigenvalue weighted by atomic mass is 10.0. The quantitative estimate of drug-likeness (QED) is 0.876. The molecular formula is C17H16N2O2. The number of aromatic nitrogens is 2. The molecular weight excluding hydrogens is 264 g/mol. The zero-order valence-corrected chi connectivity index (χ0v) is 12.1. The molecule has 0 radical (unpaired) electrons. The fraction of sp³-hybridized carbons (Fsp3) is 0.118. The molecule has 0 bridgehead atoms. The number of nitrogens with one attached hydrogen (secondary N) is 1. The van der Waals surface area contributed by atoms with E-state index in [-0.39, 0.29) is 16.7 Å². The molecule has 0 amide bonds. The van der Waals surface area contributed by atoms with Crippen LogP contribution in [0.5, 0.6) is 0 Å².